The van der Waals surface area contributed by atoms with Crippen LogP contribution in [-0.4, -0.2) is 44.2 Å². The van der Waals surface area contributed by atoms with Gasteiger partial charge < -0.3 is 10.4 Å². The van der Waals surface area contributed by atoms with Gasteiger partial charge in [0.1, 0.15) is 0 Å². The van der Waals surface area contributed by atoms with Crippen LogP contribution in [0.1, 0.15) is 20.3 Å². The van der Waals surface area contributed by atoms with E-state index in [2.05, 4.69) is 5.32 Å². The molecule has 0 aromatic rings. The van der Waals surface area contributed by atoms with Gasteiger partial charge in [-0.15, -0.1) is 0 Å². The Morgan fingerprint density at radius 2 is 2.00 bits per heavy atom. The van der Waals surface area contributed by atoms with E-state index in [1.807, 2.05) is 13.8 Å². The molecule has 0 radical (unpaired) electrons. The van der Waals surface area contributed by atoms with Crippen molar-refractivity contribution in [3.8, 4) is 0 Å². The molecule has 0 fully saturated rings. The van der Waals surface area contributed by atoms with Gasteiger partial charge in [0.2, 0.25) is 0 Å². The number of sulfone groups is 1. The van der Waals surface area contributed by atoms with Gasteiger partial charge in [-0.2, -0.15) is 0 Å². The Hall–Kier alpha value is -0.130. The Bertz CT molecular complexity index is 213. The average molecular weight is 209 g/mol. The van der Waals surface area contributed by atoms with E-state index in [1.54, 1.807) is 0 Å². The maximum atomic E-state index is 11.2. The van der Waals surface area contributed by atoms with Gasteiger partial charge in [0.25, 0.3) is 0 Å². The monoisotopic (exact) mass is 209 g/mol. The average Bonchev–Trinajstić information content (AvgIpc) is 2.03. The molecule has 0 saturated heterocycles. The van der Waals surface area contributed by atoms with Gasteiger partial charge in [-0.25, -0.2) is 8.42 Å². The van der Waals surface area contributed by atoms with Crippen LogP contribution in [0.2, 0.25) is 0 Å². The van der Waals surface area contributed by atoms with Crippen LogP contribution in [-0.2, 0) is 9.84 Å². The summed E-state index contributed by atoms with van der Waals surface area (Å²) in [7, 11) is -2.88. The van der Waals surface area contributed by atoms with Crippen molar-refractivity contribution in [1.29, 1.82) is 0 Å². The lowest BCUT2D eigenvalue weighted by Gasteiger charge is -2.10. The van der Waals surface area contributed by atoms with Gasteiger partial charge in [-0.3, -0.25) is 0 Å². The third-order valence-electron chi connectivity index (χ3n) is 1.69. The first kappa shape index (κ1) is 12.9. The highest BCUT2D eigenvalue weighted by Gasteiger charge is 2.09. The van der Waals surface area contributed by atoms with Crippen molar-refractivity contribution in [2.75, 3.05) is 24.7 Å². The van der Waals surface area contributed by atoms with Gasteiger partial charge >= 0.3 is 0 Å². The maximum Gasteiger partial charge on any atom is 0.151 e. The van der Waals surface area contributed by atoms with Crippen LogP contribution in [0.25, 0.3) is 0 Å². The standard InChI is InChI=1S/C8H19NO3S/c1-3-5-13(11,12)6-4-9-8(2)7-10/h8-10H,3-7H2,1-2H3. The van der Waals surface area contributed by atoms with Crippen LogP contribution in [0.4, 0.5) is 0 Å². The number of aliphatic hydroxyl groups excluding tert-OH is 1. The summed E-state index contributed by atoms with van der Waals surface area (Å²) in [6.45, 7) is 4.12. The largest absolute Gasteiger partial charge is 0.395 e. The number of aliphatic hydroxyl groups is 1. The van der Waals surface area contributed by atoms with Gasteiger partial charge in [-0.1, -0.05) is 6.92 Å². The lowest BCUT2D eigenvalue weighted by atomic mass is 10.4. The van der Waals surface area contributed by atoms with E-state index in [1.165, 1.54) is 0 Å². The zero-order valence-corrected chi connectivity index (χ0v) is 9.10. The quantitative estimate of drug-likeness (QED) is 0.608. The normalized spacial score (nSPS) is 14.4. The molecular weight excluding hydrogens is 190 g/mol. The summed E-state index contributed by atoms with van der Waals surface area (Å²) in [5.74, 6) is 0.410. The molecule has 0 aliphatic heterocycles. The SMILES string of the molecule is CCCS(=O)(=O)CCNC(C)CO. The van der Waals surface area contributed by atoms with E-state index < -0.39 is 9.84 Å². The highest BCUT2D eigenvalue weighted by atomic mass is 32.2. The molecule has 0 amide bonds. The molecule has 1 unspecified atom stereocenters. The second-order valence-corrected chi connectivity index (χ2v) is 5.49. The van der Waals surface area contributed by atoms with Crippen molar-refractivity contribution in [3.63, 3.8) is 0 Å². The first-order valence-corrected chi connectivity index (χ1v) is 6.38. The smallest absolute Gasteiger partial charge is 0.151 e. The lowest BCUT2D eigenvalue weighted by Crippen LogP contribution is -2.33. The van der Waals surface area contributed by atoms with E-state index in [0.29, 0.717) is 13.0 Å². The van der Waals surface area contributed by atoms with Crippen LogP contribution in [0, 0.1) is 0 Å². The molecule has 13 heavy (non-hydrogen) atoms. The summed E-state index contributed by atoms with van der Waals surface area (Å²) in [5, 5.41) is 11.6. The predicted octanol–water partition coefficient (Wildman–Crippen LogP) is -0.218. The first-order valence-electron chi connectivity index (χ1n) is 4.56. The fraction of sp³-hybridized carbons (Fsp3) is 1.00. The highest BCUT2D eigenvalue weighted by molar-refractivity contribution is 7.91. The Kier molecular flexibility index (Phi) is 6.28. The van der Waals surface area contributed by atoms with Crippen molar-refractivity contribution in [2.45, 2.75) is 26.3 Å². The molecule has 0 bridgehead atoms. The molecule has 0 spiro atoms. The highest BCUT2D eigenvalue weighted by Crippen LogP contribution is 1.92. The summed E-state index contributed by atoms with van der Waals surface area (Å²) in [6.07, 6.45) is 0.665. The Balaban J connectivity index is 3.64. The second kappa shape index (κ2) is 6.34. The molecule has 0 aromatic heterocycles. The van der Waals surface area contributed by atoms with Crippen LogP contribution < -0.4 is 5.32 Å². The molecule has 0 rings (SSSR count). The minimum Gasteiger partial charge on any atom is -0.395 e. The van der Waals surface area contributed by atoms with Crippen molar-refractivity contribution in [1.82, 2.24) is 5.32 Å². The van der Waals surface area contributed by atoms with Gasteiger partial charge in [0.05, 0.1) is 12.4 Å². The molecule has 0 aromatic carbocycles. The minimum atomic E-state index is -2.88. The molecule has 0 saturated carbocycles. The van der Waals surface area contributed by atoms with Crippen LogP contribution in [0.5, 0.6) is 0 Å². The number of rotatable bonds is 7. The molecule has 4 nitrogen and oxygen atoms in total. The van der Waals surface area contributed by atoms with Crippen molar-refractivity contribution in [2.24, 2.45) is 0 Å². The van der Waals surface area contributed by atoms with E-state index >= 15 is 0 Å². The summed E-state index contributed by atoms with van der Waals surface area (Å²) in [5.41, 5.74) is 0. The third kappa shape index (κ3) is 6.98. The van der Waals surface area contributed by atoms with Gasteiger partial charge in [-0.05, 0) is 13.3 Å². The molecule has 0 aliphatic carbocycles. The summed E-state index contributed by atoms with van der Waals surface area (Å²) in [4.78, 5) is 0. The molecule has 1 atom stereocenters. The van der Waals surface area contributed by atoms with E-state index in [-0.39, 0.29) is 24.2 Å². The Morgan fingerprint density at radius 3 is 2.46 bits per heavy atom. The Morgan fingerprint density at radius 1 is 1.38 bits per heavy atom. The number of hydrogen-bond acceptors (Lipinski definition) is 4. The molecule has 0 heterocycles. The first-order chi connectivity index (χ1) is 6.02. The van der Waals surface area contributed by atoms with Crippen molar-refractivity contribution >= 4 is 9.84 Å². The lowest BCUT2D eigenvalue weighted by molar-refractivity contribution is 0.253. The molecular formula is C8H19NO3S. The van der Waals surface area contributed by atoms with E-state index in [9.17, 15) is 8.42 Å². The minimum absolute atomic E-state index is 0.0307. The second-order valence-electron chi connectivity index (χ2n) is 3.19. The zero-order chi connectivity index (χ0) is 10.3. The third-order valence-corrected chi connectivity index (χ3v) is 3.55. The summed E-state index contributed by atoms with van der Waals surface area (Å²) in [6, 6.07) is -0.0307. The van der Waals surface area contributed by atoms with E-state index in [0.717, 1.165) is 0 Å². The fourth-order valence-corrected chi connectivity index (χ4v) is 2.19. The summed E-state index contributed by atoms with van der Waals surface area (Å²) < 4.78 is 22.4. The van der Waals surface area contributed by atoms with E-state index in [4.69, 9.17) is 5.11 Å². The topological polar surface area (TPSA) is 66.4 Å². The molecule has 80 valence electrons. The molecule has 2 N–H and O–H groups in total. The maximum absolute atomic E-state index is 11.2. The van der Waals surface area contributed by atoms with Gasteiger partial charge in [0.15, 0.2) is 9.84 Å². The Labute approximate surface area is 80.3 Å². The van der Waals surface area contributed by atoms with Crippen molar-refractivity contribution < 1.29 is 13.5 Å². The zero-order valence-electron chi connectivity index (χ0n) is 8.28. The van der Waals surface area contributed by atoms with Gasteiger partial charge in [0, 0.05) is 18.3 Å². The van der Waals surface area contributed by atoms with Crippen LogP contribution >= 0.6 is 0 Å². The predicted molar refractivity (Wildman–Crippen MR) is 53.5 cm³/mol. The molecule has 5 heteroatoms. The number of hydrogen-bond donors (Lipinski definition) is 2. The summed E-state index contributed by atoms with van der Waals surface area (Å²) >= 11 is 0. The van der Waals surface area contributed by atoms with Crippen LogP contribution in [0.15, 0.2) is 0 Å². The fourth-order valence-electron chi connectivity index (χ4n) is 0.938. The van der Waals surface area contributed by atoms with Crippen LogP contribution in [0.3, 0.4) is 0 Å². The van der Waals surface area contributed by atoms with Crippen molar-refractivity contribution in [3.05, 3.63) is 0 Å². The number of nitrogens with one attached hydrogen (secondary N) is 1. The molecule has 0 aliphatic rings.